The molecule has 0 spiro atoms. The number of hydrogen-bond donors (Lipinski definition) is 1. The van der Waals surface area contributed by atoms with Gasteiger partial charge in [0, 0.05) is 14.1 Å². The van der Waals surface area contributed by atoms with Gasteiger partial charge in [-0.05, 0) is 0 Å². The van der Waals surface area contributed by atoms with E-state index in [9.17, 15) is 5.11 Å². The van der Waals surface area contributed by atoms with Crippen molar-refractivity contribution in [2.75, 3.05) is 33.9 Å². The zero-order valence-electron chi connectivity index (χ0n) is 13.1. The molecular formula is C15H24N2O4S. The Morgan fingerprint density at radius 1 is 1.27 bits per heavy atom. The zero-order valence-corrected chi connectivity index (χ0v) is 13.9. The first-order chi connectivity index (χ1) is 10.6. The van der Waals surface area contributed by atoms with Crippen LogP contribution >= 0.6 is 11.8 Å². The molecule has 5 atom stereocenters. The molecule has 0 aromatic carbocycles. The number of aliphatic hydroxyl groups is 1. The molecule has 1 saturated heterocycles. The average Bonchev–Trinajstić information content (AvgIpc) is 2.94. The highest BCUT2D eigenvalue weighted by atomic mass is 32.2. The molecule has 0 aromatic rings. The van der Waals surface area contributed by atoms with Gasteiger partial charge in [-0.25, -0.2) is 0 Å². The van der Waals surface area contributed by atoms with Gasteiger partial charge < -0.3 is 24.2 Å². The predicted molar refractivity (Wildman–Crippen MR) is 88.1 cm³/mol. The largest absolute Gasteiger partial charge is 0.394 e. The van der Waals surface area contributed by atoms with Gasteiger partial charge in [0.05, 0.1) is 19.8 Å². The van der Waals surface area contributed by atoms with Crippen LogP contribution in [-0.2, 0) is 14.2 Å². The summed E-state index contributed by atoms with van der Waals surface area (Å²) in [5.74, 6) is 0. The van der Waals surface area contributed by atoms with Crippen molar-refractivity contribution in [2.45, 2.75) is 29.8 Å². The van der Waals surface area contributed by atoms with Crippen LogP contribution in [0.5, 0.6) is 0 Å². The van der Waals surface area contributed by atoms with Crippen LogP contribution in [0.2, 0.25) is 0 Å². The lowest BCUT2D eigenvalue weighted by Gasteiger charge is -2.41. The van der Waals surface area contributed by atoms with E-state index >= 15 is 0 Å². The SMILES string of the molecule is C=CCO[C@@H]1[C@H]2N=C(N(C)C)S[C@H]2O[C@H](CO)[C@@H]1OCC=C. The van der Waals surface area contributed by atoms with Gasteiger partial charge in [-0.2, -0.15) is 0 Å². The van der Waals surface area contributed by atoms with Crippen molar-refractivity contribution < 1.29 is 19.3 Å². The number of hydrogen-bond acceptors (Lipinski definition) is 7. The molecule has 0 radical (unpaired) electrons. The Balaban J connectivity index is 2.22. The summed E-state index contributed by atoms with van der Waals surface area (Å²) >= 11 is 1.55. The molecule has 1 N–H and O–H groups in total. The van der Waals surface area contributed by atoms with E-state index in [0.717, 1.165) is 5.17 Å². The fourth-order valence-electron chi connectivity index (χ4n) is 2.51. The minimum Gasteiger partial charge on any atom is -0.394 e. The van der Waals surface area contributed by atoms with E-state index in [4.69, 9.17) is 19.2 Å². The average molecular weight is 328 g/mol. The minimum atomic E-state index is -0.444. The van der Waals surface area contributed by atoms with E-state index in [0.29, 0.717) is 13.2 Å². The Morgan fingerprint density at radius 2 is 1.91 bits per heavy atom. The van der Waals surface area contributed by atoms with Gasteiger partial charge in [0.25, 0.3) is 0 Å². The second-order valence-electron chi connectivity index (χ2n) is 5.31. The smallest absolute Gasteiger partial charge is 0.161 e. The lowest BCUT2D eigenvalue weighted by Crippen LogP contribution is -2.58. The number of amidine groups is 1. The van der Waals surface area contributed by atoms with Crippen LogP contribution in [0.15, 0.2) is 30.3 Å². The van der Waals surface area contributed by atoms with E-state index in [1.54, 1.807) is 23.9 Å². The normalized spacial score (nSPS) is 34.0. The summed E-state index contributed by atoms with van der Waals surface area (Å²) in [6.07, 6.45) is 2.24. The predicted octanol–water partition coefficient (Wildman–Crippen LogP) is 0.879. The molecule has 0 saturated carbocycles. The molecule has 1 fully saturated rings. The Morgan fingerprint density at radius 3 is 2.45 bits per heavy atom. The maximum Gasteiger partial charge on any atom is 0.161 e. The Labute approximate surface area is 135 Å². The number of thioether (sulfide) groups is 1. The van der Waals surface area contributed by atoms with Gasteiger partial charge >= 0.3 is 0 Å². The van der Waals surface area contributed by atoms with Crippen LogP contribution in [0.1, 0.15) is 0 Å². The summed E-state index contributed by atoms with van der Waals surface area (Å²) in [5.41, 5.74) is -0.173. The summed E-state index contributed by atoms with van der Waals surface area (Å²) in [5, 5.41) is 10.5. The summed E-state index contributed by atoms with van der Waals surface area (Å²) in [6.45, 7) is 7.99. The minimum absolute atomic E-state index is 0.128. The first kappa shape index (κ1) is 17.5. The van der Waals surface area contributed by atoms with Gasteiger partial charge in [0.1, 0.15) is 29.8 Å². The third-order valence-electron chi connectivity index (χ3n) is 3.47. The fourth-order valence-corrected chi connectivity index (χ4v) is 3.66. The van der Waals surface area contributed by atoms with Crippen molar-refractivity contribution >= 4 is 16.9 Å². The van der Waals surface area contributed by atoms with E-state index in [1.807, 2.05) is 19.0 Å². The van der Waals surface area contributed by atoms with E-state index in [-0.39, 0.29) is 24.2 Å². The highest BCUT2D eigenvalue weighted by molar-refractivity contribution is 8.14. The van der Waals surface area contributed by atoms with Crippen LogP contribution < -0.4 is 0 Å². The maximum absolute atomic E-state index is 9.64. The first-order valence-corrected chi connectivity index (χ1v) is 8.13. The van der Waals surface area contributed by atoms with Crippen LogP contribution in [0, 0.1) is 0 Å². The number of ether oxygens (including phenoxy) is 3. The molecule has 2 aliphatic heterocycles. The Bertz CT molecular complexity index is 430. The molecule has 0 amide bonds. The summed E-state index contributed by atoms with van der Waals surface area (Å²) in [7, 11) is 3.88. The maximum atomic E-state index is 9.64. The molecule has 2 rings (SSSR count). The topological polar surface area (TPSA) is 63.5 Å². The zero-order chi connectivity index (χ0) is 16.1. The Kier molecular flexibility index (Phi) is 6.46. The summed E-state index contributed by atoms with van der Waals surface area (Å²) in [4.78, 5) is 6.65. The molecule has 22 heavy (non-hydrogen) atoms. The summed E-state index contributed by atoms with van der Waals surface area (Å²) in [6, 6.07) is -0.167. The van der Waals surface area contributed by atoms with E-state index in [2.05, 4.69) is 13.2 Å². The molecule has 0 aromatic heterocycles. The van der Waals surface area contributed by atoms with Crippen LogP contribution in [0.3, 0.4) is 0 Å². The van der Waals surface area contributed by atoms with Crippen molar-refractivity contribution in [2.24, 2.45) is 4.99 Å². The van der Waals surface area contributed by atoms with E-state index < -0.39 is 12.2 Å². The second kappa shape index (κ2) is 8.12. The van der Waals surface area contributed by atoms with Crippen molar-refractivity contribution in [3.8, 4) is 0 Å². The van der Waals surface area contributed by atoms with Gasteiger partial charge in [0.2, 0.25) is 0 Å². The standard InChI is InChI=1S/C15H24N2O4S/c1-5-7-19-12-10(9-18)21-14-11(13(12)20-8-6-2)16-15(22-14)17(3)4/h5-6,10-14,18H,1-2,7-9H2,3-4H3/t10-,11-,12+,13-,14-/m1/s1. The van der Waals surface area contributed by atoms with Gasteiger partial charge in [-0.15, -0.1) is 13.2 Å². The first-order valence-electron chi connectivity index (χ1n) is 7.25. The molecular weight excluding hydrogens is 304 g/mol. The van der Waals surface area contributed by atoms with Crippen molar-refractivity contribution in [1.82, 2.24) is 4.90 Å². The van der Waals surface area contributed by atoms with Crippen LogP contribution in [-0.4, -0.2) is 78.9 Å². The number of aliphatic imine (C=N–C) groups is 1. The third-order valence-corrected chi connectivity index (χ3v) is 4.77. The van der Waals surface area contributed by atoms with Gasteiger partial charge in [-0.3, -0.25) is 4.99 Å². The lowest BCUT2D eigenvalue weighted by molar-refractivity contribution is -0.192. The fraction of sp³-hybridized carbons (Fsp3) is 0.667. The molecule has 6 nitrogen and oxygen atoms in total. The molecule has 2 heterocycles. The van der Waals surface area contributed by atoms with Crippen LogP contribution in [0.25, 0.3) is 0 Å². The highest BCUT2D eigenvalue weighted by Crippen LogP contribution is 2.39. The number of rotatable bonds is 7. The molecule has 2 aliphatic rings. The highest BCUT2D eigenvalue weighted by Gasteiger charge is 2.50. The molecule has 7 heteroatoms. The van der Waals surface area contributed by atoms with Gasteiger partial charge in [-0.1, -0.05) is 23.9 Å². The second-order valence-corrected chi connectivity index (χ2v) is 6.38. The monoisotopic (exact) mass is 328 g/mol. The molecule has 0 aliphatic carbocycles. The molecule has 0 bridgehead atoms. The van der Waals surface area contributed by atoms with Crippen molar-refractivity contribution in [3.63, 3.8) is 0 Å². The number of fused-ring (bicyclic) bond motifs is 1. The molecule has 124 valence electrons. The lowest BCUT2D eigenvalue weighted by atomic mass is 9.98. The van der Waals surface area contributed by atoms with E-state index in [1.165, 1.54) is 0 Å². The third kappa shape index (κ3) is 3.72. The van der Waals surface area contributed by atoms with Gasteiger partial charge in [0.15, 0.2) is 5.17 Å². The Hall–Kier alpha value is -0.860. The van der Waals surface area contributed by atoms with Crippen molar-refractivity contribution in [3.05, 3.63) is 25.3 Å². The quantitative estimate of drug-likeness (QED) is 0.700. The number of aliphatic hydroxyl groups excluding tert-OH is 1. The number of nitrogens with zero attached hydrogens (tertiary/aromatic N) is 2. The van der Waals surface area contributed by atoms with Crippen molar-refractivity contribution in [1.29, 1.82) is 0 Å². The van der Waals surface area contributed by atoms with Crippen LogP contribution in [0.4, 0.5) is 0 Å². The summed E-state index contributed by atoms with van der Waals surface area (Å²) < 4.78 is 17.7. The molecule has 0 unspecified atom stereocenters.